The number of likely N-dealkylation sites (tertiary alicyclic amines) is 1. The van der Waals surface area contributed by atoms with Gasteiger partial charge in [-0.15, -0.1) is 0 Å². The molecule has 5 heteroatoms. The second-order valence-corrected chi connectivity index (χ2v) is 4.84. The lowest BCUT2D eigenvalue weighted by Gasteiger charge is -2.22. The van der Waals surface area contributed by atoms with E-state index in [4.69, 9.17) is 5.73 Å². The van der Waals surface area contributed by atoms with E-state index in [1.807, 2.05) is 11.9 Å². The molecular weight excluding hydrogens is 241 g/mol. The van der Waals surface area contributed by atoms with Gasteiger partial charge in [-0.1, -0.05) is 12.1 Å². The van der Waals surface area contributed by atoms with Crippen LogP contribution >= 0.6 is 0 Å². The smallest absolute Gasteiger partial charge is 0.266 e. The van der Waals surface area contributed by atoms with Crippen molar-refractivity contribution in [3.8, 4) is 0 Å². The van der Waals surface area contributed by atoms with Crippen LogP contribution in [-0.4, -0.2) is 25.0 Å². The Kier molecular flexibility index (Phi) is 3.92. The van der Waals surface area contributed by atoms with Crippen molar-refractivity contribution in [3.63, 3.8) is 0 Å². The summed E-state index contributed by atoms with van der Waals surface area (Å²) in [5.74, 6) is -0.541. The van der Waals surface area contributed by atoms with Crippen LogP contribution in [-0.2, 0) is 0 Å². The Morgan fingerprint density at radius 3 is 2.72 bits per heavy atom. The van der Waals surface area contributed by atoms with Crippen molar-refractivity contribution in [3.05, 3.63) is 35.1 Å². The third kappa shape index (κ3) is 2.37. The van der Waals surface area contributed by atoms with Crippen molar-refractivity contribution < 1.29 is 13.2 Å². The third-order valence-electron chi connectivity index (χ3n) is 3.63. The second kappa shape index (κ2) is 5.28. The van der Waals surface area contributed by atoms with E-state index in [9.17, 15) is 13.2 Å². The van der Waals surface area contributed by atoms with Crippen molar-refractivity contribution in [1.82, 2.24) is 4.90 Å². The zero-order valence-electron chi connectivity index (χ0n) is 10.2. The maximum absolute atomic E-state index is 13.5. The predicted molar refractivity (Wildman–Crippen MR) is 63.9 cm³/mol. The van der Waals surface area contributed by atoms with Crippen LogP contribution < -0.4 is 5.73 Å². The van der Waals surface area contributed by atoms with Crippen LogP contribution in [0, 0.1) is 11.7 Å². The van der Waals surface area contributed by atoms with Gasteiger partial charge in [0, 0.05) is 12.6 Å². The first-order chi connectivity index (χ1) is 8.54. The van der Waals surface area contributed by atoms with Crippen molar-refractivity contribution in [1.29, 1.82) is 0 Å². The van der Waals surface area contributed by atoms with Gasteiger partial charge >= 0.3 is 0 Å². The van der Waals surface area contributed by atoms with Gasteiger partial charge in [-0.3, -0.25) is 4.90 Å². The number of alkyl halides is 2. The lowest BCUT2D eigenvalue weighted by Crippen LogP contribution is -2.21. The summed E-state index contributed by atoms with van der Waals surface area (Å²) in [6.07, 6.45) is -2.08. The van der Waals surface area contributed by atoms with Crippen molar-refractivity contribution in [2.45, 2.75) is 18.9 Å². The maximum Gasteiger partial charge on any atom is 0.266 e. The van der Waals surface area contributed by atoms with Crippen LogP contribution in [0.15, 0.2) is 18.2 Å². The highest BCUT2D eigenvalue weighted by atomic mass is 19.3. The van der Waals surface area contributed by atoms with Crippen molar-refractivity contribution in [2.75, 3.05) is 20.1 Å². The van der Waals surface area contributed by atoms with Crippen LogP contribution in [0.4, 0.5) is 13.2 Å². The predicted octanol–water partition coefficient (Wildman–Crippen LogP) is 2.71. The van der Waals surface area contributed by atoms with Crippen LogP contribution in [0.3, 0.4) is 0 Å². The van der Waals surface area contributed by atoms with Gasteiger partial charge in [-0.05, 0) is 37.6 Å². The normalized spacial score (nSPS) is 25.0. The average molecular weight is 258 g/mol. The van der Waals surface area contributed by atoms with Crippen LogP contribution in [0.1, 0.15) is 30.0 Å². The topological polar surface area (TPSA) is 29.3 Å². The highest BCUT2D eigenvalue weighted by molar-refractivity contribution is 5.33. The van der Waals surface area contributed by atoms with Crippen molar-refractivity contribution in [2.24, 2.45) is 11.7 Å². The second-order valence-electron chi connectivity index (χ2n) is 4.84. The molecule has 1 heterocycles. The fraction of sp³-hybridized carbons (Fsp3) is 0.538. The summed E-state index contributed by atoms with van der Waals surface area (Å²) in [6.45, 7) is 1.29. The minimum Gasteiger partial charge on any atom is -0.330 e. The Bertz CT molecular complexity index is 423. The average Bonchev–Trinajstić information content (AvgIpc) is 2.69. The van der Waals surface area contributed by atoms with E-state index in [2.05, 4.69) is 0 Å². The summed E-state index contributed by atoms with van der Waals surface area (Å²) in [7, 11) is 1.86. The number of benzene rings is 1. The summed E-state index contributed by atoms with van der Waals surface area (Å²) >= 11 is 0. The molecule has 0 spiro atoms. The van der Waals surface area contributed by atoms with Crippen LogP contribution in [0.5, 0.6) is 0 Å². The first-order valence-corrected chi connectivity index (χ1v) is 6.01. The summed E-state index contributed by atoms with van der Waals surface area (Å²) in [4.78, 5) is 1.97. The third-order valence-corrected chi connectivity index (χ3v) is 3.63. The van der Waals surface area contributed by atoms with E-state index in [0.717, 1.165) is 12.6 Å². The summed E-state index contributed by atoms with van der Waals surface area (Å²) in [6, 6.07) is 3.99. The minimum absolute atomic E-state index is 0.168. The molecule has 2 N–H and O–H groups in total. The van der Waals surface area contributed by atoms with Gasteiger partial charge < -0.3 is 5.73 Å². The Morgan fingerprint density at radius 2 is 2.17 bits per heavy atom. The molecule has 0 saturated carbocycles. The number of hydrogen-bond donors (Lipinski definition) is 1. The molecule has 2 rings (SSSR count). The molecule has 0 radical (unpaired) electrons. The zero-order valence-corrected chi connectivity index (χ0v) is 10.2. The Balaban J connectivity index is 2.36. The summed E-state index contributed by atoms with van der Waals surface area (Å²) in [5, 5.41) is 0. The van der Waals surface area contributed by atoms with Gasteiger partial charge in [-0.2, -0.15) is 0 Å². The summed E-state index contributed by atoms with van der Waals surface area (Å²) in [5.41, 5.74) is 5.54. The molecule has 1 aliphatic rings. The quantitative estimate of drug-likeness (QED) is 0.903. The Labute approximate surface area is 105 Å². The Hall–Kier alpha value is -1.07. The minimum atomic E-state index is -2.79. The number of halogens is 3. The van der Waals surface area contributed by atoms with E-state index in [1.165, 1.54) is 6.07 Å². The molecule has 2 unspecified atom stereocenters. The lowest BCUT2D eigenvalue weighted by molar-refractivity contribution is 0.142. The highest BCUT2D eigenvalue weighted by Crippen LogP contribution is 2.38. The molecule has 0 bridgehead atoms. The molecule has 1 aromatic rings. The first kappa shape index (κ1) is 13.4. The molecule has 100 valence electrons. The molecule has 0 aliphatic carbocycles. The number of nitrogens with zero attached hydrogens (tertiary/aromatic N) is 1. The number of hydrogen-bond acceptors (Lipinski definition) is 2. The van der Waals surface area contributed by atoms with E-state index >= 15 is 0 Å². The Morgan fingerprint density at radius 1 is 1.44 bits per heavy atom. The van der Waals surface area contributed by atoms with Crippen LogP contribution in [0.2, 0.25) is 0 Å². The standard InChI is InChI=1S/C13H17F3N2/c1-18-7-8(6-17)5-11(18)9-3-2-4-10(14)12(9)13(15)16/h2-4,8,11,13H,5-7,17H2,1H3. The molecule has 18 heavy (non-hydrogen) atoms. The molecular formula is C13H17F3N2. The van der Waals surface area contributed by atoms with Gasteiger partial charge in [0.15, 0.2) is 0 Å². The monoisotopic (exact) mass is 258 g/mol. The van der Waals surface area contributed by atoms with E-state index in [0.29, 0.717) is 18.5 Å². The first-order valence-electron chi connectivity index (χ1n) is 6.01. The lowest BCUT2D eigenvalue weighted by atomic mass is 9.95. The molecule has 0 aromatic heterocycles. The van der Waals surface area contributed by atoms with E-state index < -0.39 is 17.8 Å². The molecule has 1 fully saturated rings. The van der Waals surface area contributed by atoms with E-state index in [-0.39, 0.29) is 12.0 Å². The highest BCUT2D eigenvalue weighted by Gasteiger charge is 2.33. The van der Waals surface area contributed by atoms with E-state index in [1.54, 1.807) is 6.07 Å². The van der Waals surface area contributed by atoms with Crippen LogP contribution in [0.25, 0.3) is 0 Å². The van der Waals surface area contributed by atoms with Crippen molar-refractivity contribution >= 4 is 0 Å². The van der Waals surface area contributed by atoms with Gasteiger partial charge in [0.05, 0.1) is 5.56 Å². The van der Waals surface area contributed by atoms with Gasteiger partial charge in [0.2, 0.25) is 0 Å². The fourth-order valence-corrected chi connectivity index (χ4v) is 2.71. The molecule has 2 atom stereocenters. The maximum atomic E-state index is 13.5. The molecule has 0 amide bonds. The van der Waals surface area contributed by atoms with Gasteiger partial charge in [0.1, 0.15) is 5.82 Å². The molecule has 1 aromatic carbocycles. The van der Waals surface area contributed by atoms with Gasteiger partial charge in [0.25, 0.3) is 6.43 Å². The fourth-order valence-electron chi connectivity index (χ4n) is 2.71. The zero-order chi connectivity index (χ0) is 13.3. The molecule has 2 nitrogen and oxygen atoms in total. The molecule has 1 aliphatic heterocycles. The van der Waals surface area contributed by atoms with Gasteiger partial charge in [-0.25, -0.2) is 13.2 Å². The summed E-state index contributed by atoms with van der Waals surface area (Å²) < 4.78 is 39.5. The SMILES string of the molecule is CN1CC(CN)CC1c1cccc(F)c1C(F)F. The number of rotatable bonds is 3. The number of nitrogens with two attached hydrogens (primary N) is 1. The molecule has 1 saturated heterocycles. The largest absolute Gasteiger partial charge is 0.330 e.